The number of rotatable bonds is 3. The van der Waals surface area contributed by atoms with E-state index in [9.17, 15) is 9.59 Å². The molecule has 1 aromatic heterocycles. The zero-order valence-corrected chi connectivity index (χ0v) is 20.4. The van der Waals surface area contributed by atoms with Crippen LogP contribution in [0.4, 0.5) is 0 Å². The number of para-hydroxylation sites is 1. The number of hydrogen-bond acceptors (Lipinski definition) is 4. The zero-order valence-electron chi connectivity index (χ0n) is 20.4. The molecule has 1 saturated heterocycles. The molecular formula is C27H38N4O3. The Morgan fingerprint density at radius 2 is 1.91 bits per heavy atom. The number of hydrogen-bond donors (Lipinski definition) is 1. The van der Waals surface area contributed by atoms with E-state index in [0.717, 1.165) is 69.5 Å². The van der Waals surface area contributed by atoms with Crippen molar-refractivity contribution in [2.24, 2.45) is 12.5 Å². The van der Waals surface area contributed by atoms with Crippen LogP contribution in [0.2, 0.25) is 0 Å². The van der Waals surface area contributed by atoms with Crippen LogP contribution in [0, 0.1) is 5.41 Å². The van der Waals surface area contributed by atoms with Crippen molar-refractivity contribution in [1.29, 1.82) is 0 Å². The first kappa shape index (κ1) is 24.3. The average molecular weight is 467 g/mol. The molecule has 4 rings (SSSR count). The van der Waals surface area contributed by atoms with Crippen LogP contribution in [0.5, 0.6) is 5.75 Å². The Bertz CT molecular complexity index is 962. The van der Waals surface area contributed by atoms with Gasteiger partial charge in [-0.3, -0.25) is 14.3 Å². The molecule has 1 fully saturated rings. The summed E-state index contributed by atoms with van der Waals surface area (Å²) in [5.41, 5.74) is 2.42. The number of nitrogens with zero attached hydrogens (tertiary/aromatic N) is 3. The SMILES string of the molecule is Cn1nccc1CCC(=O)N1CCC2(CCCCc3ccccc3OCCCC(=O)NC2)CC1. The second kappa shape index (κ2) is 11.5. The highest BCUT2D eigenvalue weighted by molar-refractivity contribution is 5.77. The van der Waals surface area contributed by atoms with Crippen LogP contribution < -0.4 is 10.1 Å². The number of aromatic nitrogens is 2. The lowest BCUT2D eigenvalue weighted by atomic mass is 9.74. The Kier molecular flexibility index (Phi) is 8.25. The Morgan fingerprint density at radius 1 is 1.09 bits per heavy atom. The minimum absolute atomic E-state index is 0.0780. The van der Waals surface area contributed by atoms with Crippen LogP contribution in [0.25, 0.3) is 0 Å². The largest absolute Gasteiger partial charge is 0.493 e. The Labute approximate surface area is 202 Å². The van der Waals surface area contributed by atoms with Crippen LogP contribution in [0.3, 0.4) is 0 Å². The number of benzene rings is 1. The quantitative estimate of drug-likeness (QED) is 0.749. The lowest BCUT2D eigenvalue weighted by molar-refractivity contribution is -0.134. The summed E-state index contributed by atoms with van der Waals surface area (Å²) < 4.78 is 7.79. The number of carbonyl (C=O) groups excluding carboxylic acids is 2. The summed E-state index contributed by atoms with van der Waals surface area (Å²) >= 11 is 0. The van der Waals surface area contributed by atoms with Crippen molar-refractivity contribution in [1.82, 2.24) is 20.0 Å². The maximum Gasteiger partial charge on any atom is 0.222 e. The smallest absolute Gasteiger partial charge is 0.222 e. The molecule has 0 bridgehead atoms. The summed E-state index contributed by atoms with van der Waals surface area (Å²) in [5.74, 6) is 1.27. The molecule has 0 saturated carbocycles. The summed E-state index contributed by atoms with van der Waals surface area (Å²) in [7, 11) is 1.91. The molecule has 7 heteroatoms. The first-order valence-corrected chi connectivity index (χ1v) is 12.8. The van der Waals surface area contributed by atoms with Gasteiger partial charge in [0.05, 0.1) is 6.61 Å². The van der Waals surface area contributed by atoms with Gasteiger partial charge in [0.2, 0.25) is 11.8 Å². The number of carbonyl (C=O) groups is 2. The van der Waals surface area contributed by atoms with E-state index < -0.39 is 0 Å². The molecule has 2 amide bonds. The molecule has 1 aromatic carbocycles. The number of amides is 2. The van der Waals surface area contributed by atoms with Crippen molar-refractivity contribution in [2.75, 3.05) is 26.2 Å². The topological polar surface area (TPSA) is 76.5 Å². The standard InChI is InChI=1S/C27H38N4O3/c1-30-23(13-17-29-30)11-12-26(33)31-18-15-27(16-19-31)14-5-4-8-22-7-2-3-9-24(22)34-20-6-10-25(32)28-21-27/h2-3,7,9,13,17H,4-6,8,10-12,14-16,18-21H2,1H3,(H,28,32). The minimum Gasteiger partial charge on any atom is -0.493 e. The molecule has 0 atom stereocenters. The third kappa shape index (κ3) is 6.39. The maximum atomic E-state index is 12.8. The van der Waals surface area contributed by atoms with E-state index in [0.29, 0.717) is 32.4 Å². The molecule has 3 heterocycles. The molecule has 2 aliphatic heterocycles. The van der Waals surface area contributed by atoms with Crippen LogP contribution in [-0.4, -0.2) is 52.7 Å². The summed E-state index contributed by atoms with van der Waals surface area (Å²) in [5, 5.41) is 7.39. The zero-order chi connectivity index (χ0) is 23.8. The molecule has 2 aromatic rings. The predicted octanol–water partition coefficient (Wildman–Crippen LogP) is 3.66. The molecule has 0 radical (unpaired) electrons. The van der Waals surface area contributed by atoms with Gasteiger partial charge in [0, 0.05) is 51.4 Å². The van der Waals surface area contributed by atoms with Crippen molar-refractivity contribution in [3.05, 3.63) is 47.8 Å². The van der Waals surface area contributed by atoms with Gasteiger partial charge in [-0.1, -0.05) is 24.6 Å². The van der Waals surface area contributed by atoms with E-state index in [2.05, 4.69) is 22.5 Å². The van der Waals surface area contributed by atoms with E-state index in [-0.39, 0.29) is 17.2 Å². The molecule has 1 N–H and O–H groups in total. The lowest BCUT2D eigenvalue weighted by Gasteiger charge is -2.42. The fourth-order valence-corrected chi connectivity index (χ4v) is 5.24. The van der Waals surface area contributed by atoms with Crippen molar-refractivity contribution in [2.45, 2.75) is 64.2 Å². The predicted molar refractivity (Wildman–Crippen MR) is 132 cm³/mol. The van der Waals surface area contributed by atoms with E-state index in [1.165, 1.54) is 5.56 Å². The Balaban J connectivity index is 1.34. The van der Waals surface area contributed by atoms with Crippen molar-refractivity contribution in [3.8, 4) is 5.75 Å². The summed E-state index contributed by atoms with van der Waals surface area (Å²) in [6.45, 7) is 2.82. The number of likely N-dealkylation sites (tertiary alicyclic amines) is 1. The highest BCUT2D eigenvalue weighted by atomic mass is 16.5. The summed E-state index contributed by atoms with van der Waals surface area (Å²) in [4.78, 5) is 27.3. The Morgan fingerprint density at radius 3 is 2.71 bits per heavy atom. The number of nitrogens with one attached hydrogen (secondary N) is 1. The van der Waals surface area contributed by atoms with E-state index in [4.69, 9.17) is 4.74 Å². The van der Waals surface area contributed by atoms with Gasteiger partial charge in [-0.25, -0.2) is 0 Å². The van der Waals surface area contributed by atoms with Gasteiger partial charge in [-0.05, 0) is 68.1 Å². The third-order valence-corrected chi connectivity index (χ3v) is 7.54. The number of fused-ring (bicyclic) bond motifs is 1. The van der Waals surface area contributed by atoms with Gasteiger partial charge >= 0.3 is 0 Å². The van der Waals surface area contributed by atoms with Crippen LogP contribution >= 0.6 is 0 Å². The van der Waals surface area contributed by atoms with Crippen LogP contribution in [0.15, 0.2) is 36.5 Å². The molecule has 0 aliphatic carbocycles. The summed E-state index contributed by atoms with van der Waals surface area (Å²) in [6.07, 6.45) is 10.4. The highest BCUT2D eigenvalue weighted by Gasteiger charge is 2.35. The fourth-order valence-electron chi connectivity index (χ4n) is 5.24. The number of aryl methyl sites for hydroxylation is 3. The normalized spacial score (nSPS) is 19.6. The summed E-state index contributed by atoms with van der Waals surface area (Å²) in [6, 6.07) is 10.2. The lowest BCUT2D eigenvalue weighted by Crippen LogP contribution is -2.48. The van der Waals surface area contributed by atoms with Gasteiger partial charge in [0.25, 0.3) is 0 Å². The minimum atomic E-state index is 0.0780. The van der Waals surface area contributed by atoms with Crippen molar-refractivity contribution >= 4 is 11.8 Å². The monoisotopic (exact) mass is 466 g/mol. The molecule has 0 unspecified atom stereocenters. The molecule has 34 heavy (non-hydrogen) atoms. The van der Waals surface area contributed by atoms with Gasteiger partial charge in [-0.2, -0.15) is 5.10 Å². The van der Waals surface area contributed by atoms with Crippen LogP contribution in [-0.2, 0) is 29.5 Å². The van der Waals surface area contributed by atoms with E-state index >= 15 is 0 Å². The van der Waals surface area contributed by atoms with Crippen molar-refractivity contribution < 1.29 is 14.3 Å². The Hall–Kier alpha value is -2.83. The van der Waals surface area contributed by atoms with Gasteiger partial charge in [-0.15, -0.1) is 0 Å². The van der Waals surface area contributed by atoms with Crippen LogP contribution in [0.1, 0.15) is 62.6 Å². The first-order chi connectivity index (χ1) is 16.5. The van der Waals surface area contributed by atoms with Gasteiger partial charge < -0.3 is 15.0 Å². The third-order valence-electron chi connectivity index (χ3n) is 7.54. The first-order valence-electron chi connectivity index (χ1n) is 12.8. The second-order valence-corrected chi connectivity index (χ2v) is 9.87. The molecule has 7 nitrogen and oxygen atoms in total. The molecular weight excluding hydrogens is 428 g/mol. The average Bonchev–Trinajstić information content (AvgIpc) is 3.27. The molecule has 2 aliphatic rings. The maximum absolute atomic E-state index is 12.8. The number of piperidine rings is 1. The van der Waals surface area contributed by atoms with E-state index in [1.54, 1.807) is 6.20 Å². The number of ether oxygens (including phenoxy) is 1. The fraction of sp³-hybridized carbons (Fsp3) is 0.593. The van der Waals surface area contributed by atoms with E-state index in [1.807, 2.05) is 34.8 Å². The highest BCUT2D eigenvalue weighted by Crippen LogP contribution is 2.37. The molecule has 1 spiro atoms. The molecule has 184 valence electrons. The van der Waals surface area contributed by atoms with Crippen molar-refractivity contribution in [3.63, 3.8) is 0 Å². The van der Waals surface area contributed by atoms with Gasteiger partial charge in [0.15, 0.2) is 0 Å². The van der Waals surface area contributed by atoms with Gasteiger partial charge in [0.1, 0.15) is 5.75 Å². The second-order valence-electron chi connectivity index (χ2n) is 9.87.